The number of Topliss-reactive ketones (excluding diaryl/α,β-unsaturated/α-hetero) is 2. The third-order valence-electron chi connectivity index (χ3n) is 16.2. The van der Waals surface area contributed by atoms with Crippen LogP contribution in [0.3, 0.4) is 0 Å². The maximum absolute atomic E-state index is 13.0. The molecule has 0 radical (unpaired) electrons. The number of fused-ring (bicyclic) bond motifs is 2. The standard InChI is InChI=1S/C31H39FN8O3.C19H18ClN3O3.C13H23FN4/c1-31(2,3)25-16-26(37-40(25)21-9-12-39(18-21)13-10-32)35-30-36-29-27(38(30)4)28(42-5)24(17-34-29)43-22-8-11-33-20(14-22)15-23(41)19-6-7-19;1-23-17-14(22-19(23)20)5-6-16(18(17)25-2)26-13-7-8-21-12(9-13)10-15(24)11-3-4-11;1-13(2,3)11-8-12(15)16-18(11)10-4-6-17(9-10)7-5-14/h8,11,14,16-17,19,21H,6-7,9-10,12-13,15,18H2,1-5H3,(H,34,35,36,37);5-9,11H,3-4,10H2,1-2H3;8,10H,4-7,9H2,1-3H3,(H2,15,16)/t21-;;10-/m0.0/s1. The molecule has 21 nitrogen and oxygen atoms in total. The van der Waals surface area contributed by atoms with Crippen LogP contribution >= 0.6 is 11.6 Å². The second-order valence-corrected chi connectivity index (χ2v) is 25.3. The molecule has 0 amide bonds. The normalized spacial score (nSPS) is 17.3. The molecular weight excluding hydrogens is 1140 g/mol. The number of nitrogen functional groups attached to an aromatic ring is 1. The van der Waals surface area contributed by atoms with Crippen molar-refractivity contribution < 1.29 is 37.3 Å². The molecule has 2 aliphatic heterocycles. The maximum atomic E-state index is 13.0. The van der Waals surface area contributed by atoms with Gasteiger partial charge in [0.25, 0.3) is 0 Å². The Morgan fingerprint density at radius 1 is 0.667 bits per heavy atom. The van der Waals surface area contributed by atoms with Crippen LogP contribution in [0.5, 0.6) is 34.5 Å². The van der Waals surface area contributed by atoms with Crippen molar-refractivity contribution in [2.75, 3.05) is 77.9 Å². The van der Waals surface area contributed by atoms with E-state index in [9.17, 15) is 18.4 Å². The minimum atomic E-state index is -0.341. The number of imidazole rings is 2. The van der Waals surface area contributed by atoms with Crippen molar-refractivity contribution in [3.05, 3.63) is 95.2 Å². The van der Waals surface area contributed by atoms with Gasteiger partial charge in [-0.15, -0.1) is 0 Å². The molecule has 2 saturated heterocycles. The van der Waals surface area contributed by atoms with Crippen LogP contribution in [-0.2, 0) is 47.4 Å². The molecule has 3 N–H and O–H groups in total. The average Bonchev–Trinajstić information content (AvgIpc) is 2.34. The third-order valence-corrected chi connectivity index (χ3v) is 16.5. The first-order chi connectivity index (χ1) is 41.6. The monoisotopic (exact) mass is 1220 g/mol. The van der Waals surface area contributed by atoms with E-state index in [4.69, 9.17) is 46.4 Å². The van der Waals surface area contributed by atoms with Crippen LogP contribution in [0.15, 0.2) is 67.1 Å². The highest BCUT2D eigenvalue weighted by Gasteiger charge is 2.34. The number of ether oxygens (including phenoxy) is 4. The summed E-state index contributed by atoms with van der Waals surface area (Å²) in [6.45, 7) is 16.8. The SMILES string of the molecule is CC(C)(C)c1cc(N)nn1[C@H]1CCN(CCF)C1.COc1c(Oc2ccnc(CC(=O)C3CC3)c2)ccc2nc(Cl)n(C)c12.COc1c(Oc2ccnc(CC(=O)C3CC3)c2)cnc2nc(Nc3cc(C(C)(C)C)n([C@H]4CCN(CCF)C4)n3)n(C)c12. The molecule has 12 rings (SSSR count). The van der Waals surface area contributed by atoms with Gasteiger partial charge in [0.1, 0.15) is 53.3 Å². The van der Waals surface area contributed by atoms with Gasteiger partial charge in [-0.1, -0.05) is 41.5 Å². The molecule has 8 aromatic rings. The largest absolute Gasteiger partial charge is 0.491 e. The van der Waals surface area contributed by atoms with Gasteiger partial charge in [-0.2, -0.15) is 15.2 Å². The zero-order valence-corrected chi connectivity index (χ0v) is 52.2. The van der Waals surface area contributed by atoms with Crippen LogP contribution in [-0.4, -0.2) is 142 Å². The Labute approximate surface area is 510 Å². The molecule has 1 aromatic carbocycles. The Morgan fingerprint density at radius 2 is 1.20 bits per heavy atom. The number of aryl methyl sites for hydroxylation is 2. The molecule has 87 heavy (non-hydrogen) atoms. The minimum Gasteiger partial charge on any atom is -0.491 e. The number of benzene rings is 1. The molecule has 7 aromatic heterocycles. The summed E-state index contributed by atoms with van der Waals surface area (Å²) in [5.74, 6) is 5.83. The Kier molecular flexibility index (Phi) is 18.8. The third kappa shape index (κ3) is 14.6. The van der Waals surface area contributed by atoms with Gasteiger partial charge >= 0.3 is 0 Å². The van der Waals surface area contributed by atoms with Crippen LogP contribution < -0.4 is 30.0 Å². The number of nitrogens with one attached hydrogen (secondary N) is 1. The Morgan fingerprint density at radius 3 is 1.72 bits per heavy atom. The number of nitrogens with two attached hydrogens (primary N) is 1. The molecule has 2 saturated carbocycles. The van der Waals surface area contributed by atoms with Gasteiger partial charge in [0.2, 0.25) is 11.2 Å². The smallest absolute Gasteiger partial charge is 0.211 e. The number of anilines is 3. The Bertz CT molecular complexity index is 3750. The topological polar surface area (TPSA) is 226 Å². The Hall–Kier alpha value is -7.76. The van der Waals surface area contributed by atoms with Crippen LogP contribution in [0.25, 0.3) is 22.2 Å². The van der Waals surface area contributed by atoms with Crippen molar-refractivity contribution in [3.8, 4) is 34.5 Å². The van der Waals surface area contributed by atoms with Crippen LogP contribution in [0.1, 0.15) is 115 Å². The van der Waals surface area contributed by atoms with E-state index in [1.54, 1.807) is 67.7 Å². The summed E-state index contributed by atoms with van der Waals surface area (Å²) in [7, 11) is 6.86. The summed E-state index contributed by atoms with van der Waals surface area (Å²) in [5, 5.41) is 13.1. The molecule has 9 heterocycles. The van der Waals surface area contributed by atoms with Gasteiger partial charge in [0.15, 0.2) is 34.5 Å². The fraction of sp³-hybridized carbons (Fsp3) is 0.508. The molecule has 2 aliphatic carbocycles. The van der Waals surface area contributed by atoms with Crippen LogP contribution in [0.2, 0.25) is 5.28 Å². The number of aromatic nitrogens is 11. The van der Waals surface area contributed by atoms with Crippen molar-refractivity contribution in [1.82, 2.24) is 63.4 Å². The molecular formula is C63H80ClF2N15O6. The first-order valence-corrected chi connectivity index (χ1v) is 30.2. The first kappa shape index (κ1) is 62.3. The first-order valence-electron chi connectivity index (χ1n) is 29.8. The molecule has 2 atom stereocenters. The highest BCUT2D eigenvalue weighted by atomic mass is 35.5. The van der Waals surface area contributed by atoms with Gasteiger partial charge in [-0.25, -0.2) is 18.7 Å². The number of hydrogen-bond acceptors (Lipinski definition) is 17. The van der Waals surface area contributed by atoms with Crippen molar-refractivity contribution in [2.24, 2.45) is 25.9 Å². The molecule has 0 unspecified atom stereocenters. The summed E-state index contributed by atoms with van der Waals surface area (Å²) >= 11 is 6.11. The lowest BCUT2D eigenvalue weighted by Gasteiger charge is -2.23. The quantitative estimate of drug-likeness (QED) is 0.0723. The predicted molar refractivity (Wildman–Crippen MR) is 331 cm³/mol. The van der Waals surface area contributed by atoms with Crippen LogP contribution in [0.4, 0.5) is 26.4 Å². The van der Waals surface area contributed by atoms with E-state index in [-0.39, 0.29) is 53.6 Å². The zero-order chi connectivity index (χ0) is 61.9. The van der Waals surface area contributed by atoms with Crippen molar-refractivity contribution in [1.29, 1.82) is 0 Å². The number of carbonyl (C=O) groups excluding carboxylic acids is 2. The number of carbonyl (C=O) groups is 2. The van der Waals surface area contributed by atoms with E-state index < -0.39 is 0 Å². The number of pyridine rings is 3. The summed E-state index contributed by atoms with van der Waals surface area (Å²) in [4.78, 5) is 50.8. The summed E-state index contributed by atoms with van der Waals surface area (Å²) < 4.78 is 56.6. The predicted octanol–water partition coefficient (Wildman–Crippen LogP) is 11.1. The number of hydrogen-bond donors (Lipinski definition) is 2. The zero-order valence-electron chi connectivity index (χ0n) is 51.4. The Balaban J connectivity index is 0.000000161. The lowest BCUT2D eigenvalue weighted by molar-refractivity contribution is -0.120. The average molecular weight is 1220 g/mol. The lowest BCUT2D eigenvalue weighted by Crippen LogP contribution is -2.26. The van der Waals surface area contributed by atoms with Crippen molar-refractivity contribution >= 4 is 62.9 Å². The number of halogens is 3. The molecule has 0 spiro atoms. The molecule has 464 valence electrons. The number of rotatable bonds is 20. The van der Waals surface area contributed by atoms with E-state index in [0.29, 0.717) is 112 Å². The number of ketones is 2. The van der Waals surface area contributed by atoms with Gasteiger partial charge < -0.3 is 39.1 Å². The minimum absolute atomic E-state index is 0.0259. The molecule has 4 aliphatic rings. The van der Waals surface area contributed by atoms with E-state index in [0.717, 1.165) is 87.1 Å². The van der Waals surface area contributed by atoms with Gasteiger partial charge in [0.05, 0.1) is 49.4 Å². The van der Waals surface area contributed by atoms with Crippen LogP contribution in [0, 0.1) is 11.8 Å². The van der Waals surface area contributed by atoms with Gasteiger partial charge in [-0.3, -0.25) is 38.7 Å². The summed E-state index contributed by atoms with van der Waals surface area (Å²) in [5.41, 5.74) is 12.0. The second-order valence-electron chi connectivity index (χ2n) is 25.0. The highest BCUT2D eigenvalue weighted by Crippen LogP contribution is 2.42. The number of nitrogens with zero attached hydrogens (tertiary/aromatic N) is 13. The lowest BCUT2D eigenvalue weighted by atomic mass is 9.91. The van der Waals surface area contributed by atoms with Crippen molar-refractivity contribution in [3.63, 3.8) is 0 Å². The molecule has 4 fully saturated rings. The number of alkyl halides is 2. The van der Waals surface area contributed by atoms with E-state index in [2.05, 4.69) is 92.4 Å². The molecule has 0 bridgehead atoms. The van der Waals surface area contributed by atoms with Crippen molar-refractivity contribution in [2.45, 2.75) is 116 Å². The number of likely N-dealkylation sites (tertiary alicyclic amines) is 2. The fourth-order valence-electron chi connectivity index (χ4n) is 11.3. The fourth-order valence-corrected chi connectivity index (χ4v) is 11.5. The maximum Gasteiger partial charge on any atom is 0.211 e. The molecule has 24 heteroatoms. The summed E-state index contributed by atoms with van der Waals surface area (Å²) in [6.07, 6.45) is 11.4. The van der Waals surface area contributed by atoms with E-state index >= 15 is 0 Å². The van der Waals surface area contributed by atoms with E-state index in [1.807, 2.05) is 35.5 Å². The van der Waals surface area contributed by atoms with Gasteiger partial charge in [-0.05, 0) is 74.4 Å². The summed E-state index contributed by atoms with van der Waals surface area (Å²) in [6, 6.07) is 15.2. The van der Waals surface area contributed by atoms with Gasteiger partial charge in [0, 0.05) is 137 Å². The number of methoxy groups -OCH3 is 2. The second kappa shape index (κ2) is 26.3. The highest BCUT2D eigenvalue weighted by molar-refractivity contribution is 6.29. The van der Waals surface area contributed by atoms with E-state index in [1.165, 1.54) is 0 Å².